The van der Waals surface area contributed by atoms with Gasteiger partial charge in [0.15, 0.2) is 0 Å². The van der Waals surface area contributed by atoms with E-state index in [1.54, 1.807) is 73.5 Å². The van der Waals surface area contributed by atoms with Gasteiger partial charge in [0, 0.05) is 37.1 Å². The average Bonchev–Trinajstić information content (AvgIpc) is 3.14. The topological polar surface area (TPSA) is 109 Å². The third kappa shape index (κ3) is 4.58. The molecule has 2 aliphatic heterocycles. The molecule has 1 atom stereocenters. The molecule has 0 aliphatic carbocycles. The van der Waals surface area contributed by atoms with Gasteiger partial charge in [-0.1, -0.05) is 0 Å². The van der Waals surface area contributed by atoms with E-state index in [9.17, 15) is 19.5 Å². The van der Waals surface area contributed by atoms with Crippen molar-refractivity contribution < 1.29 is 29.0 Å². The standard InChI is InChI=1S/C26H29N3O6/c1-4-35-26(33)28-13-9-18(10-14-28)29-22(17-7-11-27-12-8-17)21(24(31)25(29)32)23(30)20-6-5-19(34-3)15-16(20)2/h5-8,11-12,15,18,22,30H,4,9-10,13-14H2,1-3H3/b23-21+. The highest BCUT2D eigenvalue weighted by molar-refractivity contribution is 6.46. The molecule has 0 radical (unpaired) electrons. The fraction of sp³-hybridized carbons (Fsp3) is 0.385. The quantitative estimate of drug-likeness (QED) is 0.397. The molecule has 184 valence electrons. The first-order valence-electron chi connectivity index (χ1n) is 11.6. The van der Waals surface area contributed by atoms with Gasteiger partial charge in [0.2, 0.25) is 0 Å². The second kappa shape index (κ2) is 10.2. The first kappa shape index (κ1) is 24.3. The summed E-state index contributed by atoms with van der Waals surface area (Å²) in [6.45, 7) is 4.67. The normalized spacial score (nSPS) is 20.3. The van der Waals surface area contributed by atoms with Gasteiger partial charge >= 0.3 is 6.09 Å². The van der Waals surface area contributed by atoms with Crippen molar-refractivity contribution in [1.29, 1.82) is 0 Å². The Kier molecular flexibility index (Phi) is 7.04. The van der Waals surface area contributed by atoms with Crippen molar-refractivity contribution in [2.75, 3.05) is 26.8 Å². The van der Waals surface area contributed by atoms with Gasteiger partial charge in [-0.2, -0.15) is 0 Å². The number of aliphatic hydroxyl groups excluding tert-OH is 1. The molecule has 9 nitrogen and oxygen atoms in total. The molecule has 1 unspecified atom stereocenters. The predicted molar refractivity (Wildman–Crippen MR) is 128 cm³/mol. The monoisotopic (exact) mass is 479 g/mol. The summed E-state index contributed by atoms with van der Waals surface area (Å²) < 4.78 is 10.3. The number of methoxy groups -OCH3 is 1. The van der Waals surface area contributed by atoms with Crippen LogP contribution in [0, 0.1) is 6.92 Å². The summed E-state index contributed by atoms with van der Waals surface area (Å²) in [5.41, 5.74) is 1.89. The number of Topliss-reactive ketones (excluding diaryl/α,β-unsaturated/α-hetero) is 1. The smallest absolute Gasteiger partial charge is 0.409 e. The van der Waals surface area contributed by atoms with Crippen LogP contribution in [0.25, 0.3) is 5.76 Å². The average molecular weight is 480 g/mol. The number of piperidine rings is 1. The fourth-order valence-electron chi connectivity index (χ4n) is 4.81. The van der Waals surface area contributed by atoms with Crippen molar-refractivity contribution in [1.82, 2.24) is 14.8 Å². The van der Waals surface area contributed by atoms with E-state index in [0.29, 0.717) is 55.0 Å². The number of ether oxygens (including phenoxy) is 2. The van der Waals surface area contributed by atoms with Crippen LogP contribution in [-0.4, -0.2) is 70.5 Å². The van der Waals surface area contributed by atoms with E-state index in [1.165, 1.54) is 0 Å². The molecule has 3 heterocycles. The first-order valence-corrected chi connectivity index (χ1v) is 11.6. The van der Waals surface area contributed by atoms with Crippen molar-refractivity contribution >= 4 is 23.5 Å². The third-order valence-electron chi connectivity index (χ3n) is 6.57. The number of pyridine rings is 1. The van der Waals surface area contributed by atoms with E-state index < -0.39 is 17.7 Å². The molecule has 2 aliphatic rings. The van der Waals surface area contributed by atoms with Crippen molar-refractivity contribution in [3.8, 4) is 5.75 Å². The Hall–Kier alpha value is -3.88. The number of nitrogens with zero attached hydrogens (tertiary/aromatic N) is 3. The minimum absolute atomic E-state index is 0.0438. The van der Waals surface area contributed by atoms with Gasteiger partial charge in [0.25, 0.3) is 11.7 Å². The maximum Gasteiger partial charge on any atom is 0.409 e. The van der Waals surface area contributed by atoms with Gasteiger partial charge < -0.3 is 24.4 Å². The molecule has 0 saturated carbocycles. The number of likely N-dealkylation sites (tertiary alicyclic amines) is 2. The Labute approximate surface area is 204 Å². The molecular weight excluding hydrogens is 450 g/mol. The van der Waals surface area contributed by atoms with Gasteiger partial charge in [-0.25, -0.2) is 4.79 Å². The molecule has 1 N–H and O–H groups in total. The highest BCUT2D eigenvalue weighted by Crippen LogP contribution is 2.42. The van der Waals surface area contributed by atoms with Crippen LogP contribution in [0.15, 0.2) is 48.3 Å². The van der Waals surface area contributed by atoms with Gasteiger partial charge in [-0.05, 0) is 68.1 Å². The molecule has 2 fully saturated rings. The molecule has 1 aromatic heterocycles. The lowest BCUT2D eigenvalue weighted by atomic mass is 9.93. The number of benzene rings is 1. The minimum atomic E-state index is -0.765. The lowest BCUT2D eigenvalue weighted by molar-refractivity contribution is -0.142. The van der Waals surface area contributed by atoms with Crippen LogP contribution < -0.4 is 4.74 Å². The zero-order chi connectivity index (χ0) is 25.1. The lowest BCUT2D eigenvalue weighted by Crippen LogP contribution is -2.48. The number of carbonyl (C=O) groups excluding carboxylic acids is 3. The van der Waals surface area contributed by atoms with Crippen molar-refractivity contribution in [3.05, 3.63) is 65.0 Å². The Morgan fingerprint density at radius 2 is 1.83 bits per heavy atom. The molecule has 2 saturated heterocycles. The van der Waals surface area contributed by atoms with Gasteiger partial charge in [0.05, 0.1) is 25.3 Å². The van der Waals surface area contributed by atoms with E-state index >= 15 is 0 Å². The van der Waals surface area contributed by atoms with Crippen LogP contribution >= 0.6 is 0 Å². The maximum atomic E-state index is 13.3. The number of hydrogen-bond donors (Lipinski definition) is 1. The predicted octanol–water partition coefficient (Wildman–Crippen LogP) is 3.44. The molecule has 35 heavy (non-hydrogen) atoms. The number of hydrogen-bond acceptors (Lipinski definition) is 7. The van der Waals surface area contributed by atoms with Crippen LogP contribution in [0.3, 0.4) is 0 Å². The molecule has 9 heteroatoms. The van der Waals surface area contributed by atoms with Gasteiger partial charge in [-0.15, -0.1) is 0 Å². The molecular formula is C26H29N3O6. The summed E-state index contributed by atoms with van der Waals surface area (Å²) >= 11 is 0. The number of carbonyl (C=O) groups is 3. The SMILES string of the molecule is CCOC(=O)N1CCC(N2C(=O)C(=O)/C(=C(/O)c3ccc(OC)cc3C)C2c2ccncc2)CC1. The Bertz CT molecular complexity index is 1150. The van der Waals surface area contributed by atoms with Gasteiger partial charge in [-0.3, -0.25) is 14.6 Å². The number of aromatic nitrogens is 1. The molecule has 1 aromatic carbocycles. The maximum absolute atomic E-state index is 13.3. The molecule has 0 bridgehead atoms. The van der Waals surface area contributed by atoms with Crippen LogP contribution in [0.4, 0.5) is 4.79 Å². The highest BCUT2D eigenvalue weighted by Gasteiger charge is 2.49. The Morgan fingerprint density at radius 1 is 1.14 bits per heavy atom. The number of aliphatic hydroxyl groups is 1. The Balaban J connectivity index is 1.74. The molecule has 2 amide bonds. The second-order valence-corrected chi connectivity index (χ2v) is 8.58. The van der Waals surface area contributed by atoms with E-state index in [1.807, 2.05) is 0 Å². The van der Waals surface area contributed by atoms with Crippen molar-refractivity contribution in [2.24, 2.45) is 0 Å². The summed E-state index contributed by atoms with van der Waals surface area (Å²) in [5, 5.41) is 11.3. The summed E-state index contributed by atoms with van der Waals surface area (Å²) in [5.74, 6) is -0.989. The van der Waals surface area contributed by atoms with Crippen LogP contribution in [0.5, 0.6) is 5.75 Å². The van der Waals surface area contributed by atoms with Crippen molar-refractivity contribution in [2.45, 2.75) is 38.8 Å². The Morgan fingerprint density at radius 3 is 2.43 bits per heavy atom. The number of amides is 2. The van der Waals surface area contributed by atoms with Crippen molar-refractivity contribution in [3.63, 3.8) is 0 Å². The fourth-order valence-corrected chi connectivity index (χ4v) is 4.81. The zero-order valence-electron chi connectivity index (χ0n) is 20.1. The van der Waals surface area contributed by atoms with E-state index in [-0.39, 0.29) is 23.5 Å². The highest BCUT2D eigenvalue weighted by atomic mass is 16.6. The molecule has 0 spiro atoms. The summed E-state index contributed by atoms with van der Waals surface area (Å²) in [4.78, 5) is 46.0. The number of aryl methyl sites for hydroxylation is 1. The number of ketones is 1. The van der Waals surface area contributed by atoms with E-state index in [0.717, 1.165) is 0 Å². The largest absolute Gasteiger partial charge is 0.507 e. The zero-order valence-corrected chi connectivity index (χ0v) is 20.1. The minimum Gasteiger partial charge on any atom is -0.507 e. The van der Waals surface area contributed by atoms with E-state index in [2.05, 4.69) is 4.98 Å². The first-order chi connectivity index (χ1) is 16.9. The summed E-state index contributed by atoms with van der Waals surface area (Å²) in [6.07, 6.45) is 3.80. The van der Waals surface area contributed by atoms with Crippen LogP contribution in [0.1, 0.15) is 42.5 Å². The third-order valence-corrected chi connectivity index (χ3v) is 6.57. The number of rotatable bonds is 5. The van der Waals surface area contributed by atoms with Crippen LogP contribution in [-0.2, 0) is 14.3 Å². The van der Waals surface area contributed by atoms with Crippen LogP contribution in [0.2, 0.25) is 0 Å². The molecule has 4 rings (SSSR count). The summed E-state index contributed by atoms with van der Waals surface area (Å²) in [7, 11) is 1.55. The van der Waals surface area contributed by atoms with E-state index in [4.69, 9.17) is 9.47 Å². The summed E-state index contributed by atoms with van der Waals surface area (Å²) in [6, 6.07) is 7.58. The molecule has 2 aromatic rings. The second-order valence-electron chi connectivity index (χ2n) is 8.58. The lowest BCUT2D eigenvalue weighted by Gasteiger charge is -2.38. The van der Waals surface area contributed by atoms with Gasteiger partial charge in [0.1, 0.15) is 11.5 Å².